The number of carbonyl (C=O) groups excluding carboxylic acids is 2. The van der Waals surface area contributed by atoms with E-state index in [-0.39, 0.29) is 30.4 Å². The van der Waals surface area contributed by atoms with Gasteiger partial charge in [-0.2, -0.15) is 0 Å². The molecule has 1 N–H and O–H groups in total. The first kappa shape index (κ1) is 27.0. The van der Waals surface area contributed by atoms with Crippen molar-refractivity contribution in [1.29, 1.82) is 0 Å². The molecule has 33 heavy (non-hydrogen) atoms. The fourth-order valence-electron chi connectivity index (χ4n) is 3.15. The predicted molar refractivity (Wildman–Crippen MR) is 135 cm³/mol. The van der Waals surface area contributed by atoms with Crippen LogP contribution in [0.15, 0.2) is 42.5 Å². The number of benzene rings is 2. The van der Waals surface area contributed by atoms with E-state index in [2.05, 4.69) is 26.1 Å². The van der Waals surface area contributed by atoms with Gasteiger partial charge in [0.2, 0.25) is 5.91 Å². The van der Waals surface area contributed by atoms with Gasteiger partial charge in [-0.05, 0) is 53.6 Å². The molecule has 5 nitrogen and oxygen atoms in total. The van der Waals surface area contributed by atoms with Gasteiger partial charge >= 0.3 is 0 Å². The first-order valence-electron chi connectivity index (χ1n) is 11.1. The van der Waals surface area contributed by atoms with Crippen LogP contribution < -0.4 is 10.1 Å². The summed E-state index contributed by atoms with van der Waals surface area (Å²) < 4.78 is 5.75. The molecule has 0 aliphatic rings. The van der Waals surface area contributed by atoms with E-state index in [1.54, 1.807) is 25.1 Å². The summed E-state index contributed by atoms with van der Waals surface area (Å²) in [5.74, 6) is 0.391. The lowest BCUT2D eigenvalue weighted by atomic mass is 9.87. The molecule has 0 saturated heterocycles. The molecule has 0 aromatic heterocycles. The van der Waals surface area contributed by atoms with Gasteiger partial charge in [-0.1, -0.05) is 76.0 Å². The summed E-state index contributed by atoms with van der Waals surface area (Å²) in [4.78, 5) is 27.4. The number of carbonyl (C=O) groups is 2. The molecule has 0 aliphatic heterocycles. The third-order valence-electron chi connectivity index (χ3n) is 5.27. The third-order valence-corrected chi connectivity index (χ3v) is 6.01. The van der Waals surface area contributed by atoms with Crippen molar-refractivity contribution in [2.75, 3.05) is 13.2 Å². The van der Waals surface area contributed by atoms with Crippen LogP contribution in [0.4, 0.5) is 0 Å². The zero-order valence-corrected chi connectivity index (χ0v) is 21.8. The van der Waals surface area contributed by atoms with Crippen molar-refractivity contribution in [3.63, 3.8) is 0 Å². The highest BCUT2D eigenvalue weighted by Crippen LogP contribution is 2.25. The van der Waals surface area contributed by atoms with Crippen LogP contribution in [0.25, 0.3) is 0 Å². The van der Waals surface area contributed by atoms with Crippen LogP contribution in [0.5, 0.6) is 5.75 Å². The number of nitrogens with one attached hydrogen (secondary N) is 1. The SMILES string of the molecule is CC(C)CNC(=O)[C@@H](C)N(Cc1ccc(Cl)c(Cl)c1)C(=O)COc1ccc(C(C)(C)C)cc1. The highest BCUT2D eigenvalue weighted by atomic mass is 35.5. The second-order valence-electron chi connectivity index (χ2n) is 9.65. The molecule has 0 unspecified atom stereocenters. The van der Waals surface area contributed by atoms with Crippen molar-refractivity contribution in [3.05, 3.63) is 63.6 Å². The number of hydrogen-bond donors (Lipinski definition) is 1. The van der Waals surface area contributed by atoms with Gasteiger partial charge in [0.25, 0.3) is 5.91 Å². The van der Waals surface area contributed by atoms with Crippen molar-refractivity contribution < 1.29 is 14.3 Å². The minimum Gasteiger partial charge on any atom is -0.484 e. The van der Waals surface area contributed by atoms with Gasteiger partial charge in [-0.3, -0.25) is 9.59 Å². The van der Waals surface area contributed by atoms with Gasteiger partial charge in [-0.15, -0.1) is 0 Å². The van der Waals surface area contributed by atoms with Crippen molar-refractivity contribution in [3.8, 4) is 5.75 Å². The van der Waals surface area contributed by atoms with Gasteiger partial charge in [0, 0.05) is 13.1 Å². The van der Waals surface area contributed by atoms with E-state index in [1.165, 1.54) is 10.5 Å². The lowest BCUT2D eigenvalue weighted by Crippen LogP contribution is -2.49. The van der Waals surface area contributed by atoms with Crippen LogP contribution in [0.2, 0.25) is 10.0 Å². The first-order valence-corrected chi connectivity index (χ1v) is 11.9. The molecular formula is C26H34Cl2N2O3. The van der Waals surface area contributed by atoms with E-state index >= 15 is 0 Å². The molecule has 2 aromatic rings. The number of hydrogen-bond acceptors (Lipinski definition) is 3. The molecule has 0 radical (unpaired) electrons. The normalized spacial score (nSPS) is 12.4. The Morgan fingerprint density at radius 2 is 1.64 bits per heavy atom. The lowest BCUT2D eigenvalue weighted by Gasteiger charge is -2.29. The standard InChI is InChI=1S/C26H34Cl2N2O3/c1-17(2)14-29-25(32)18(3)30(15-19-7-12-22(27)23(28)13-19)24(31)16-33-21-10-8-20(9-11-21)26(4,5)6/h7-13,17-18H,14-16H2,1-6H3,(H,29,32)/t18-/m1/s1. The van der Waals surface area contributed by atoms with Crippen LogP contribution in [0.3, 0.4) is 0 Å². The second kappa shape index (κ2) is 11.8. The quantitative estimate of drug-likeness (QED) is 0.476. The van der Waals surface area contributed by atoms with Gasteiger partial charge in [0.15, 0.2) is 6.61 Å². The average molecular weight is 493 g/mol. The summed E-state index contributed by atoms with van der Waals surface area (Å²) in [5, 5.41) is 3.73. The summed E-state index contributed by atoms with van der Waals surface area (Å²) in [5.41, 5.74) is 1.98. The molecule has 2 aromatic carbocycles. The largest absolute Gasteiger partial charge is 0.484 e. The molecule has 2 amide bonds. The van der Waals surface area contributed by atoms with E-state index in [9.17, 15) is 9.59 Å². The predicted octanol–water partition coefficient (Wildman–Crippen LogP) is 5.86. The Hall–Kier alpha value is -2.24. The van der Waals surface area contributed by atoms with Crippen LogP contribution >= 0.6 is 23.2 Å². The lowest BCUT2D eigenvalue weighted by molar-refractivity contribution is -0.142. The van der Waals surface area contributed by atoms with Crippen molar-refractivity contribution in [2.45, 2.75) is 59.5 Å². The van der Waals surface area contributed by atoms with Crippen LogP contribution in [0, 0.1) is 5.92 Å². The van der Waals surface area contributed by atoms with E-state index < -0.39 is 6.04 Å². The summed E-state index contributed by atoms with van der Waals surface area (Å²) >= 11 is 12.2. The minimum absolute atomic E-state index is 0.0315. The Morgan fingerprint density at radius 1 is 1.00 bits per heavy atom. The highest BCUT2D eigenvalue weighted by Gasteiger charge is 2.27. The third kappa shape index (κ3) is 8.24. The molecule has 0 saturated carbocycles. The number of rotatable bonds is 9. The number of nitrogens with zero attached hydrogens (tertiary/aromatic N) is 1. The van der Waals surface area contributed by atoms with Crippen molar-refractivity contribution in [2.24, 2.45) is 5.92 Å². The number of ether oxygens (including phenoxy) is 1. The Bertz CT molecular complexity index is 953. The van der Waals surface area contributed by atoms with E-state index in [4.69, 9.17) is 27.9 Å². The average Bonchev–Trinajstić information content (AvgIpc) is 2.75. The van der Waals surface area contributed by atoms with E-state index in [0.29, 0.717) is 28.3 Å². The Balaban J connectivity index is 2.15. The fourth-order valence-corrected chi connectivity index (χ4v) is 3.47. The number of halogens is 2. The summed E-state index contributed by atoms with van der Waals surface area (Å²) in [7, 11) is 0. The molecule has 0 fully saturated rings. The maximum Gasteiger partial charge on any atom is 0.261 e. The smallest absolute Gasteiger partial charge is 0.261 e. The first-order chi connectivity index (χ1) is 15.4. The Kier molecular flexibility index (Phi) is 9.62. The topological polar surface area (TPSA) is 58.6 Å². The minimum atomic E-state index is -0.683. The zero-order valence-electron chi connectivity index (χ0n) is 20.2. The zero-order chi connectivity index (χ0) is 24.8. The van der Waals surface area contributed by atoms with Gasteiger partial charge in [0.1, 0.15) is 11.8 Å². The maximum atomic E-state index is 13.1. The van der Waals surface area contributed by atoms with Crippen molar-refractivity contribution in [1.82, 2.24) is 10.2 Å². The van der Waals surface area contributed by atoms with Gasteiger partial charge < -0.3 is 15.0 Å². The number of amides is 2. The molecule has 7 heteroatoms. The van der Waals surface area contributed by atoms with Crippen molar-refractivity contribution >= 4 is 35.0 Å². The van der Waals surface area contributed by atoms with E-state index in [1.807, 2.05) is 38.1 Å². The molecule has 0 spiro atoms. The Morgan fingerprint density at radius 3 is 2.18 bits per heavy atom. The summed E-state index contributed by atoms with van der Waals surface area (Å²) in [6, 6.07) is 12.2. The summed E-state index contributed by atoms with van der Waals surface area (Å²) in [6.07, 6.45) is 0. The monoisotopic (exact) mass is 492 g/mol. The molecule has 2 rings (SSSR count). The molecule has 0 aliphatic carbocycles. The Labute approximate surface area is 207 Å². The molecular weight excluding hydrogens is 459 g/mol. The van der Waals surface area contributed by atoms with E-state index in [0.717, 1.165) is 5.56 Å². The second-order valence-corrected chi connectivity index (χ2v) is 10.5. The van der Waals surface area contributed by atoms with Gasteiger partial charge in [0.05, 0.1) is 10.0 Å². The molecule has 180 valence electrons. The fraction of sp³-hybridized carbons (Fsp3) is 0.462. The molecule has 0 bridgehead atoms. The summed E-state index contributed by atoms with van der Waals surface area (Å²) in [6.45, 7) is 12.7. The molecule has 1 atom stereocenters. The van der Waals surface area contributed by atoms with Crippen LogP contribution in [0.1, 0.15) is 52.7 Å². The highest BCUT2D eigenvalue weighted by molar-refractivity contribution is 6.42. The van der Waals surface area contributed by atoms with Crippen LogP contribution in [-0.4, -0.2) is 35.9 Å². The van der Waals surface area contributed by atoms with Crippen LogP contribution in [-0.2, 0) is 21.5 Å². The maximum absolute atomic E-state index is 13.1. The van der Waals surface area contributed by atoms with Gasteiger partial charge in [-0.25, -0.2) is 0 Å². The molecule has 0 heterocycles.